The van der Waals surface area contributed by atoms with E-state index in [-0.39, 0.29) is 28.5 Å². The van der Waals surface area contributed by atoms with Gasteiger partial charge in [0.1, 0.15) is 5.57 Å². The number of urea groups is 1. The first kappa shape index (κ1) is 20.2. The third kappa shape index (κ3) is 3.74. The number of imide groups is 2. The Bertz CT molecular complexity index is 1040. The average Bonchev–Trinajstić information content (AvgIpc) is 2.68. The minimum atomic E-state index is -0.877. The van der Waals surface area contributed by atoms with Crippen molar-refractivity contribution in [1.29, 1.82) is 0 Å². The van der Waals surface area contributed by atoms with Crippen LogP contribution in [0.5, 0.6) is 17.2 Å². The lowest BCUT2D eigenvalue weighted by Crippen LogP contribution is -2.54. The van der Waals surface area contributed by atoms with Gasteiger partial charge in [0.25, 0.3) is 11.8 Å². The highest BCUT2D eigenvalue weighted by Gasteiger charge is 2.37. The monoisotopic (exact) mass is 416 g/mol. The Balaban J connectivity index is 2.07. The van der Waals surface area contributed by atoms with E-state index in [1.165, 1.54) is 38.5 Å². The molecule has 4 amide bonds. The largest absolute Gasteiger partial charge is 0.502 e. The molecule has 1 aliphatic rings. The summed E-state index contributed by atoms with van der Waals surface area (Å²) in [6.07, 6.45) is 1.28. The van der Waals surface area contributed by atoms with Crippen LogP contribution >= 0.6 is 11.6 Å². The summed E-state index contributed by atoms with van der Waals surface area (Å²) in [5, 5.41) is 12.5. The number of aryl methyl sites for hydroxylation is 1. The molecular weight excluding hydrogens is 400 g/mol. The Labute approximate surface area is 171 Å². The molecule has 9 heteroatoms. The molecule has 29 heavy (non-hydrogen) atoms. The number of ether oxygens (including phenoxy) is 2. The number of barbiturate groups is 1. The van der Waals surface area contributed by atoms with Crippen LogP contribution in [0.15, 0.2) is 35.9 Å². The van der Waals surface area contributed by atoms with E-state index < -0.39 is 17.8 Å². The third-order valence-electron chi connectivity index (χ3n) is 4.33. The lowest BCUT2D eigenvalue weighted by atomic mass is 10.1. The van der Waals surface area contributed by atoms with Gasteiger partial charge in [-0.05, 0) is 48.4 Å². The van der Waals surface area contributed by atoms with E-state index in [9.17, 15) is 19.5 Å². The van der Waals surface area contributed by atoms with Gasteiger partial charge in [-0.15, -0.1) is 0 Å². The van der Waals surface area contributed by atoms with Gasteiger partial charge >= 0.3 is 6.03 Å². The van der Waals surface area contributed by atoms with Gasteiger partial charge in [-0.25, -0.2) is 9.69 Å². The van der Waals surface area contributed by atoms with E-state index in [0.717, 1.165) is 10.5 Å². The van der Waals surface area contributed by atoms with Gasteiger partial charge < -0.3 is 14.6 Å². The number of carbonyl (C=O) groups excluding carboxylic acids is 3. The van der Waals surface area contributed by atoms with Gasteiger partial charge in [0.05, 0.1) is 19.9 Å². The molecule has 0 atom stereocenters. The highest BCUT2D eigenvalue weighted by atomic mass is 35.5. The second-order valence-electron chi connectivity index (χ2n) is 6.17. The fourth-order valence-corrected chi connectivity index (χ4v) is 2.95. The predicted octanol–water partition coefficient (Wildman–Crippen LogP) is 3.04. The molecule has 0 spiro atoms. The Kier molecular flexibility index (Phi) is 5.47. The number of carbonyl (C=O) groups is 3. The number of methoxy groups -OCH3 is 2. The maximum absolute atomic E-state index is 12.9. The van der Waals surface area contributed by atoms with E-state index in [0.29, 0.717) is 10.6 Å². The molecular formula is C20H17ClN2O6. The van der Waals surface area contributed by atoms with Crippen molar-refractivity contribution in [2.75, 3.05) is 19.1 Å². The summed E-state index contributed by atoms with van der Waals surface area (Å²) < 4.78 is 10.2. The van der Waals surface area contributed by atoms with Crippen molar-refractivity contribution >= 4 is 41.2 Å². The number of halogens is 1. The Morgan fingerprint density at radius 1 is 1.07 bits per heavy atom. The molecule has 1 heterocycles. The third-order valence-corrected chi connectivity index (χ3v) is 4.74. The molecule has 0 radical (unpaired) electrons. The van der Waals surface area contributed by atoms with Gasteiger partial charge in [-0.3, -0.25) is 14.9 Å². The molecule has 1 fully saturated rings. The molecule has 0 aromatic heterocycles. The molecule has 150 valence electrons. The number of rotatable bonds is 4. The first-order chi connectivity index (χ1) is 13.8. The number of hydrogen-bond acceptors (Lipinski definition) is 6. The SMILES string of the molecule is COc1cc(C=C2C(=O)NC(=O)N(c3ccc(C)c(Cl)c3)C2=O)cc(OC)c1O. The number of phenols is 1. The zero-order chi connectivity index (χ0) is 21.3. The molecule has 8 nitrogen and oxygen atoms in total. The molecule has 0 bridgehead atoms. The molecule has 0 unspecified atom stereocenters. The second kappa shape index (κ2) is 7.84. The number of aromatic hydroxyl groups is 1. The highest BCUT2D eigenvalue weighted by molar-refractivity contribution is 6.39. The first-order valence-corrected chi connectivity index (χ1v) is 8.77. The summed E-state index contributed by atoms with van der Waals surface area (Å²) in [7, 11) is 2.71. The van der Waals surface area contributed by atoms with Crippen LogP contribution in [-0.4, -0.2) is 37.2 Å². The van der Waals surface area contributed by atoms with Crippen molar-refractivity contribution in [2.45, 2.75) is 6.92 Å². The fourth-order valence-electron chi connectivity index (χ4n) is 2.78. The predicted molar refractivity (Wildman–Crippen MR) is 106 cm³/mol. The normalized spacial score (nSPS) is 15.5. The van der Waals surface area contributed by atoms with E-state index >= 15 is 0 Å². The molecule has 1 saturated heterocycles. The summed E-state index contributed by atoms with van der Waals surface area (Å²) in [5.74, 6) is -1.69. The van der Waals surface area contributed by atoms with Gasteiger partial charge in [-0.1, -0.05) is 17.7 Å². The zero-order valence-electron chi connectivity index (χ0n) is 15.8. The van der Waals surface area contributed by atoms with Gasteiger partial charge in [0, 0.05) is 5.02 Å². The maximum atomic E-state index is 12.9. The second-order valence-corrected chi connectivity index (χ2v) is 6.57. The number of nitrogens with zero attached hydrogens (tertiary/aromatic N) is 1. The molecule has 3 rings (SSSR count). The van der Waals surface area contributed by atoms with Crippen molar-refractivity contribution < 1.29 is 29.0 Å². The van der Waals surface area contributed by atoms with Crippen LogP contribution in [0.25, 0.3) is 6.08 Å². The lowest BCUT2D eigenvalue weighted by molar-refractivity contribution is -0.122. The van der Waals surface area contributed by atoms with Gasteiger partial charge in [-0.2, -0.15) is 0 Å². The van der Waals surface area contributed by atoms with Crippen molar-refractivity contribution in [3.63, 3.8) is 0 Å². The Morgan fingerprint density at radius 3 is 2.24 bits per heavy atom. The topological polar surface area (TPSA) is 105 Å². The first-order valence-electron chi connectivity index (χ1n) is 8.39. The summed E-state index contributed by atoms with van der Waals surface area (Å²) >= 11 is 6.10. The van der Waals surface area contributed by atoms with Crippen LogP contribution in [0.2, 0.25) is 5.02 Å². The van der Waals surface area contributed by atoms with Gasteiger partial charge in [0.2, 0.25) is 5.75 Å². The van der Waals surface area contributed by atoms with E-state index in [1.54, 1.807) is 19.1 Å². The Morgan fingerprint density at radius 2 is 1.69 bits per heavy atom. The lowest BCUT2D eigenvalue weighted by Gasteiger charge is -2.26. The zero-order valence-corrected chi connectivity index (χ0v) is 16.5. The number of phenolic OH excluding ortho intramolecular Hbond substituents is 1. The van der Waals surface area contributed by atoms with E-state index in [1.807, 2.05) is 0 Å². The smallest absolute Gasteiger partial charge is 0.335 e. The highest BCUT2D eigenvalue weighted by Crippen LogP contribution is 2.38. The summed E-state index contributed by atoms with van der Waals surface area (Å²) in [4.78, 5) is 38.4. The number of benzene rings is 2. The van der Waals surface area contributed by atoms with Crippen molar-refractivity contribution in [2.24, 2.45) is 0 Å². The van der Waals surface area contributed by atoms with Crippen LogP contribution < -0.4 is 19.7 Å². The summed E-state index contributed by atoms with van der Waals surface area (Å²) in [5.41, 5.74) is 1.07. The van der Waals surface area contributed by atoms with Crippen molar-refractivity contribution in [1.82, 2.24) is 5.32 Å². The minimum Gasteiger partial charge on any atom is -0.502 e. The molecule has 0 aliphatic carbocycles. The molecule has 2 N–H and O–H groups in total. The van der Waals surface area contributed by atoms with Crippen molar-refractivity contribution in [3.05, 3.63) is 52.1 Å². The van der Waals surface area contributed by atoms with E-state index in [4.69, 9.17) is 21.1 Å². The summed E-state index contributed by atoms with van der Waals surface area (Å²) in [6.45, 7) is 1.78. The number of nitrogens with one attached hydrogen (secondary N) is 1. The number of hydrogen-bond donors (Lipinski definition) is 2. The standard InChI is InChI=1S/C20H17ClN2O6/c1-10-4-5-12(9-14(10)21)23-19(26)13(18(25)22-20(23)27)6-11-7-15(28-2)17(24)16(8-11)29-3/h4-9,24H,1-3H3,(H,22,25,27). The quantitative estimate of drug-likeness (QED) is 0.586. The minimum absolute atomic E-state index is 0.0955. The van der Waals surface area contributed by atoms with Crippen LogP contribution in [-0.2, 0) is 9.59 Å². The van der Waals surface area contributed by atoms with E-state index in [2.05, 4.69) is 5.32 Å². The van der Waals surface area contributed by atoms with Gasteiger partial charge in [0.15, 0.2) is 11.5 Å². The summed E-state index contributed by atoms with van der Waals surface area (Å²) in [6, 6.07) is 6.66. The molecule has 0 saturated carbocycles. The van der Waals surface area contributed by atoms with Crippen LogP contribution in [0.4, 0.5) is 10.5 Å². The molecule has 1 aliphatic heterocycles. The van der Waals surface area contributed by atoms with Crippen LogP contribution in [0.1, 0.15) is 11.1 Å². The maximum Gasteiger partial charge on any atom is 0.335 e. The molecule has 2 aromatic carbocycles. The van der Waals surface area contributed by atoms with Crippen LogP contribution in [0.3, 0.4) is 0 Å². The number of amides is 4. The molecule has 2 aromatic rings. The average molecular weight is 417 g/mol. The fraction of sp³-hybridized carbons (Fsp3) is 0.150. The number of anilines is 1. The Hall–Kier alpha value is -3.52. The van der Waals surface area contributed by atoms with Crippen molar-refractivity contribution in [3.8, 4) is 17.2 Å². The van der Waals surface area contributed by atoms with Crippen LogP contribution in [0, 0.1) is 6.92 Å².